The molecule has 0 aliphatic heterocycles. The van der Waals surface area contributed by atoms with Crippen molar-refractivity contribution in [1.82, 2.24) is 15.1 Å². The summed E-state index contributed by atoms with van der Waals surface area (Å²) in [7, 11) is 0. The van der Waals surface area contributed by atoms with Crippen molar-refractivity contribution >= 4 is 11.6 Å². The van der Waals surface area contributed by atoms with Crippen LogP contribution < -0.4 is 0 Å². The molecule has 0 atom stereocenters. The molecule has 0 saturated carbocycles. The van der Waals surface area contributed by atoms with Crippen molar-refractivity contribution in [2.45, 2.75) is 0 Å². The lowest BCUT2D eigenvalue weighted by Crippen LogP contribution is -1.84. The molecular formula is C13H8ClN3O2. The van der Waals surface area contributed by atoms with Gasteiger partial charge in [0.25, 0.3) is 5.89 Å². The number of halogens is 1. The third kappa shape index (κ3) is 2.28. The van der Waals surface area contributed by atoms with Crippen LogP contribution in [0.1, 0.15) is 0 Å². The number of benzene rings is 1. The van der Waals surface area contributed by atoms with Gasteiger partial charge in [0.15, 0.2) is 0 Å². The summed E-state index contributed by atoms with van der Waals surface area (Å²) in [6, 6.07) is 10.1. The monoisotopic (exact) mass is 273 g/mol. The van der Waals surface area contributed by atoms with Gasteiger partial charge in [0.05, 0.1) is 5.02 Å². The standard InChI is InChI=1S/C13H8ClN3O2/c14-9-7-8(4-5-11(9)18)13-16-12(17-19-13)10-3-1-2-6-15-10/h1-7,18H. The zero-order valence-electron chi connectivity index (χ0n) is 9.62. The summed E-state index contributed by atoms with van der Waals surface area (Å²) in [6.45, 7) is 0. The Morgan fingerprint density at radius 3 is 2.79 bits per heavy atom. The molecular weight excluding hydrogens is 266 g/mol. The molecule has 3 rings (SSSR count). The Balaban J connectivity index is 1.99. The Morgan fingerprint density at radius 1 is 1.16 bits per heavy atom. The van der Waals surface area contributed by atoms with Crippen LogP contribution in [0.25, 0.3) is 23.0 Å². The quantitative estimate of drug-likeness (QED) is 0.776. The third-order valence-corrected chi connectivity index (χ3v) is 2.82. The zero-order chi connectivity index (χ0) is 13.2. The topological polar surface area (TPSA) is 72.0 Å². The maximum Gasteiger partial charge on any atom is 0.258 e. The highest BCUT2D eigenvalue weighted by Crippen LogP contribution is 2.29. The second-order valence-electron chi connectivity index (χ2n) is 3.80. The van der Waals surface area contributed by atoms with Crippen LogP contribution in [-0.4, -0.2) is 20.2 Å². The van der Waals surface area contributed by atoms with Crippen LogP contribution in [-0.2, 0) is 0 Å². The van der Waals surface area contributed by atoms with Crippen LogP contribution in [0.3, 0.4) is 0 Å². The Bertz CT molecular complexity index is 713. The Kier molecular flexibility index (Phi) is 2.89. The number of phenols is 1. The number of hydrogen-bond acceptors (Lipinski definition) is 5. The molecule has 0 bridgehead atoms. The Labute approximate surface area is 113 Å². The van der Waals surface area contributed by atoms with Crippen molar-refractivity contribution in [3.8, 4) is 28.7 Å². The molecule has 1 N–H and O–H groups in total. The minimum absolute atomic E-state index is 0.00915. The van der Waals surface area contributed by atoms with E-state index in [1.807, 2.05) is 12.1 Å². The largest absolute Gasteiger partial charge is 0.506 e. The molecule has 2 heterocycles. The van der Waals surface area contributed by atoms with E-state index in [1.54, 1.807) is 24.4 Å². The van der Waals surface area contributed by atoms with E-state index in [0.29, 0.717) is 23.0 Å². The van der Waals surface area contributed by atoms with Crippen molar-refractivity contribution in [2.75, 3.05) is 0 Å². The van der Waals surface area contributed by atoms with Crippen molar-refractivity contribution < 1.29 is 9.63 Å². The Morgan fingerprint density at radius 2 is 2.05 bits per heavy atom. The average molecular weight is 274 g/mol. The van der Waals surface area contributed by atoms with Gasteiger partial charge in [-0.15, -0.1) is 0 Å². The fourth-order valence-corrected chi connectivity index (χ4v) is 1.76. The van der Waals surface area contributed by atoms with Gasteiger partial charge in [0.2, 0.25) is 5.82 Å². The molecule has 0 spiro atoms. The van der Waals surface area contributed by atoms with Gasteiger partial charge in [0, 0.05) is 11.8 Å². The highest BCUT2D eigenvalue weighted by molar-refractivity contribution is 6.32. The molecule has 0 radical (unpaired) electrons. The van der Waals surface area contributed by atoms with Gasteiger partial charge in [-0.3, -0.25) is 4.98 Å². The minimum Gasteiger partial charge on any atom is -0.506 e. The molecule has 94 valence electrons. The van der Waals surface area contributed by atoms with Crippen molar-refractivity contribution in [3.05, 3.63) is 47.6 Å². The van der Waals surface area contributed by atoms with E-state index in [4.69, 9.17) is 16.1 Å². The minimum atomic E-state index is 0.00915. The van der Waals surface area contributed by atoms with Crippen molar-refractivity contribution in [3.63, 3.8) is 0 Å². The lowest BCUT2D eigenvalue weighted by atomic mass is 10.2. The van der Waals surface area contributed by atoms with Gasteiger partial charge in [-0.25, -0.2) is 0 Å². The summed E-state index contributed by atoms with van der Waals surface area (Å²) in [4.78, 5) is 8.38. The van der Waals surface area contributed by atoms with Gasteiger partial charge in [-0.2, -0.15) is 4.98 Å². The van der Waals surface area contributed by atoms with Crippen LogP contribution >= 0.6 is 11.6 Å². The van der Waals surface area contributed by atoms with Gasteiger partial charge < -0.3 is 9.63 Å². The summed E-state index contributed by atoms with van der Waals surface area (Å²) in [5.74, 6) is 0.734. The smallest absolute Gasteiger partial charge is 0.258 e. The summed E-state index contributed by atoms with van der Waals surface area (Å²) in [6.07, 6.45) is 1.66. The number of aromatic nitrogens is 3. The molecule has 0 amide bonds. The number of nitrogens with zero attached hydrogens (tertiary/aromatic N) is 3. The number of pyridine rings is 1. The predicted molar refractivity (Wildman–Crippen MR) is 69.6 cm³/mol. The fourth-order valence-electron chi connectivity index (χ4n) is 1.58. The first-order valence-electron chi connectivity index (χ1n) is 5.48. The molecule has 0 aliphatic carbocycles. The molecule has 2 aromatic heterocycles. The molecule has 0 unspecified atom stereocenters. The number of phenolic OH excluding ortho intramolecular Hbond substituents is 1. The molecule has 6 heteroatoms. The molecule has 5 nitrogen and oxygen atoms in total. The molecule has 3 aromatic rings. The first-order valence-corrected chi connectivity index (χ1v) is 5.86. The van der Waals surface area contributed by atoms with E-state index in [0.717, 1.165) is 0 Å². The fraction of sp³-hybridized carbons (Fsp3) is 0. The SMILES string of the molecule is Oc1ccc(-c2nc(-c3ccccn3)no2)cc1Cl. The summed E-state index contributed by atoms with van der Waals surface area (Å²) in [5.41, 5.74) is 1.26. The summed E-state index contributed by atoms with van der Waals surface area (Å²) < 4.78 is 5.16. The highest BCUT2D eigenvalue weighted by Gasteiger charge is 2.12. The predicted octanol–water partition coefficient (Wildman–Crippen LogP) is 3.16. The van der Waals surface area contributed by atoms with Gasteiger partial charge in [-0.05, 0) is 30.3 Å². The van der Waals surface area contributed by atoms with Crippen LogP contribution in [0.2, 0.25) is 5.02 Å². The molecule has 0 aliphatic rings. The lowest BCUT2D eigenvalue weighted by Gasteiger charge is -1.97. The average Bonchev–Trinajstić information content (AvgIpc) is 2.93. The molecule has 0 fully saturated rings. The first kappa shape index (κ1) is 11.7. The number of hydrogen-bond donors (Lipinski definition) is 1. The van der Waals surface area contributed by atoms with E-state index >= 15 is 0 Å². The lowest BCUT2D eigenvalue weighted by molar-refractivity contribution is 0.432. The van der Waals surface area contributed by atoms with E-state index < -0.39 is 0 Å². The van der Waals surface area contributed by atoms with Crippen molar-refractivity contribution in [2.24, 2.45) is 0 Å². The van der Waals surface area contributed by atoms with E-state index in [9.17, 15) is 5.11 Å². The first-order chi connectivity index (χ1) is 9.24. The second kappa shape index (κ2) is 4.70. The Hall–Kier alpha value is -2.40. The van der Waals surface area contributed by atoms with Gasteiger partial charge in [-0.1, -0.05) is 22.8 Å². The maximum absolute atomic E-state index is 9.37. The maximum atomic E-state index is 9.37. The van der Waals surface area contributed by atoms with E-state index in [2.05, 4.69) is 15.1 Å². The zero-order valence-corrected chi connectivity index (χ0v) is 10.4. The molecule has 19 heavy (non-hydrogen) atoms. The van der Waals surface area contributed by atoms with Crippen LogP contribution in [0, 0.1) is 0 Å². The van der Waals surface area contributed by atoms with Gasteiger partial charge >= 0.3 is 0 Å². The number of rotatable bonds is 2. The van der Waals surface area contributed by atoms with Gasteiger partial charge in [0.1, 0.15) is 11.4 Å². The van der Waals surface area contributed by atoms with Crippen molar-refractivity contribution in [1.29, 1.82) is 0 Å². The number of aromatic hydroxyl groups is 1. The van der Waals surface area contributed by atoms with Crippen LogP contribution in [0.15, 0.2) is 47.1 Å². The summed E-state index contributed by atoms with van der Waals surface area (Å²) in [5, 5.41) is 13.5. The summed E-state index contributed by atoms with van der Waals surface area (Å²) >= 11 is 5.84. The third-order valence-electron chi connectivity index (χ3n) is 2.51. The van der Waals surface area contributed by atoms with E-state index in [-0.39, 0.29) is 10.8 Å². The molecule has 0 saturated heterocycles. The van der Waals surface area contributed by atoms with Crippen LogP contribution in [0.5, 0.6) is 5.75 Å². The molecule has 1 aromatic carbocycles. The van der Waals surface area contributed by atoms with E-state index in [1.165, 1.54) is 6.07 Å². The second-order valence-corrected chi connectivity index (χ2v) is 4.21. The normalized spacial score (nSPS) is 10.6. The van der Waals surface area contributed by atoms with Crippen LogP contribution in [0.4, 0.5) is 0 Å². The highest BCUT2D eigenvalue weighted by atomic mass is 35.5.